The molecule has 1 amide bonds. The van der Waals surface area contributed by atoms with Crippen molar-refractivity contribution < 1.29 is 22.0 Å². The van der Waals surface area contributed by atoms with Crippen LogP contribution in [0.5, 0.6) is 0 Å². The average Bonchev–Trinajstić information content (AvgIpc) is 3.13. The number of sulfone groups is 1. The summed E-state index contributed by atoms with van der Waals surface area (Å²) >= 11 is 0. The normalized spacial score (nSPS) is 17.4. The lowest BCUT2D eigenvalue weighted by Gasteiger charge is -2.22. The summed E-state index contributed by atoms with van der Waals surface area (Å²) in [6.45, 7) is 1.74. The molecule has 1 aromatic carbocycles. The lowest BCUT2D eigenvalue weighted by Crippen LogP contribution is -2.32. The molecule has 0 radical (unpaired) electrons. The number of hydrogen-bond donors (Lipinski definition) is 2. The molecule has 1 fully saturated rings. The Hall–Kier alpha value is -2.04. The van der Waals surface area contributed by atoms with Crippen molar-refractivity contribution in [2.75, 3.05) is 18.4 Å². The number of amides is 1. The molecule has 7 nitrogen and oxygen atoms in total. The van der Waals surface area contributed by atoms with Crippen molar-refractivity contribution in [3.8, 4) is 0 Å². The maximum Gasteiger partial charge on any atom is 0.341 e. The minimum atomic E-state index is -4.72. The van der Waals surface area contributed by atoms with Gasteiger partial charge in [-0.1, -0.05) is 6.07 Å². The van der Waals surface area contributed by atoms with Crippen molar-refractivity contribution >= 4 is 33.8 Å². The van der Waals surface area contributed by atoms with Gasteiger partial charge in [0.2, 0.25) is 9.84 Å². The first kappa shape index (κ1) is 21.3. The fourth-order valence-electron chi connectivity index (χ4n) is 2.77. The van der Waals surface area contributed by atoms with E-state index < -0.39 is 26.4 Å². The minimum absolute atomic E-state index is 0. The van der Waals surface area contributed by atoms with Gasteiger partial charge in [-0.25, -0.2) is 8.42 Å². The molecule has 2 aromatic rings. The molecular formula is C16H19ClF2N4O3S. The number of carbonyl (C=O) groups is 1. The van der Waals surface area contributed by atoms with Gasteiger partial charge in [0.25, 0.3) is 5.91 Å². The van der Waals surface area contributed by atoms with E-state index in [2.05, 4.69) is 15.7 Å². The van der Waals surface area contributed by atoms with E-state index >= 15 is 0 Å². The zero-order valence-corrected chi connectivity index (χ0v) is 15.8. The molecule has 1 atom stereocenters. The third-order valence-electron chi connectivity index (χ3n) is 4.14. The molecule has 27 heavy (non-hydrogen) atoms. The number of rotatable bonds is 5. The molecule has 1 unspecified atom stereocenters. The van der Waals surface area contributed by atoms with Crippen LogP contribution in [-0.4, -0.2) is 43.0 Å². The standard InChI is InChI=1S/C16H18F2N4O3S.ClH/c17-16(18)26(24,25)13-5-1-3-11(9-13)20-15(23)14-6-8-22(21-14)12-4-2-7-19-10-12;/h1,3,5-6,8-9,12,16,19H,2,4,7,10H2,(H,20,23);1H. The minimum Gasteiger partial charge on any atom is -0.321 e. The molecule has 1 aromatic heterocycles. The first-order valence-corrected chi connectivity index (χ1v) is 9.62. The van der Waals surface area contributed by atoms with Crippen LogP contribution in [0.15, 0.2) is 41.4 Å². The second kappa shape index (κ2) is 8.77. The molecule has 1 saturated heterocycles. The Morgan fingerprint density at radius 2 is 2.11 bits per heavy atom. The van der Waals surface area contributed by atoms with Crippen LogP contribution >= 0.6 is 12.4 Å². The van der Waals surface area contributed by atoms with Gasteiger partial charge in [-0.05, 0) is 43.7 Å². The topological polar surface area (TPSA) is 93.1 Å². The molecule has 3 rings (SSSR count). The van der Waals surface area contributed by atoms with Crippen LogP contribution in [0.1, 0.15) is 29.4 Å². The Balaban J connectivity index is 0.00000261. The van der Waals surface area contributed by atoms with Crippen LogP contribution in [0.4, 0.5) is 14.5 Å². The van der Waals surface area contributed by atoms with Gasteiger partial charge in [-0.15, -0.1) is 12.4 Å². The van der Waals surface area contributed by atoms with Crippen molar-refractivity contribution in [2.24, 2.45) is 0 Å². The lowest BCUT2D eigenvalue weighted by atomic mass is 10.1. The Morgan fingerprint density at radius 1 is 1.33 bits per heavy atom. The fourth-order valence-corrected chi connectivity index (χ4v) is 3.54. The van der Waals surface area contributed by atoms with Gasteiger partial charge in [-0.2, -0.15) is 13.9 Å². The van der Waals surface area contributed by atoms with E-state index in [0.717, 1.165) is 38.1 Å². The number of piperidine rings is 1. The van der Waals surface area contributed by atoms with Crippen molar-refractivity contribution in [3.63, 3.8) is 0 Å². The van der Waals surface area contributed by atoms with Gasteiger partial charge in [-0.3, -0.25) is 9.48 Å². The number of aromatic nitrogens is 2. The molecule has 11 heteroatoms. The predicted octanol–water partition coefficient (Wildman–Crippen LogP) is 2.48. The summed E-state index contributed by atoms with van der Waals surface area (Å²) in [6, 6.07) is 6.50. The first-order chi connectivity index (χ1) is 12.4. The second-order valence-corrected chi connectivity index (χ2v) is 7.89. The Bertz CT molecular complexity index is 899. The predicted molar refractivity (Wildman–Crippen MR) is 98.2 cm³/mol. The van der Waals surface area contributed by atoms with Gasteiger partial charge in [0.15, 0.2) is 5.69 Å². The fraction of sp³-hybridized carbons (Fsp3) is 0.375. The Labute approximate surface area is 161 Å². The van der Waals surface area contributed by atoms with E-state index in [0.29, 0.717) is 0 Å². The van der Waals surface area contributed by atoms with E-state index in [1.165, 1.54) is 12.1 Å². The number of hydrogen-bond acceptors (Lipinski definition) is 5. The molecule has 2 N–H and O–H groups in total. The van der Waals surface area contributed by atoms with Crippen LogP contribution < -0.4 is 10.6 Å². The first-order valence-electron chi connectivity index (χ1n) is 8.07. The monoisotopic (exact) mass is 420 g/mol. The number of nitrogens with zero attached hydrogens (tertiary/aromatic N) is 2. The summed E-state index contributed by atoms with van der Waals surface area (Å²) in [5.41, 5.74) is 0.267. The van der Waals surface area contributed by atoms with Crippen LogP contribution in [-0.2, 0) is 9.84 Å². The molecule has 1 aliphatic rings. The molecule has 1 aliphatic heterocycles. The third kappa shape index (κ3) is 4.82. The molecule has 0 saturated carbocycles. The maximum absolute atomic E-state index is 12.6. The number of alkyl halides is 2. The molecule has 148 valence electrons. The van der Waals surface area contributed by atoms with Gasteiger partial charge in [0, 0.05) is 18.4 Å². The van der Waals surface area contributed by atoms with Crippen molar-refractivity contribution in [1.29, 1.82) is 0 Å². The largest absolute Gasteiger partial charge is 0.341 e. The van der Waals surface area contributed by atoms with E-state index in [4.69, 9.17) is 0 Å². The van der Waals surface area contributed by atoms with Gasteiger partial charge >= 0.3 is 5.76 Å². The van der Waals surface area contributed by atoms with Crippen molar-refractivity contribution in [2.45, 2.75) is 29.5 Å². The molecule has 0 spiro atoms. The highest BCUT2D eigenvalue weighted by Crippen LogP contribution is 2.22. The summed E-state index contributed by atoms with van der Waals surface area (Å²) in [4.78, 5) is 11.8. The zero-order chi connectivity index (χ0) is 18.7. The highest BCUT2D eigenvalue weighted by Gasteiger charge is 2.27. The number of halogens is 3. The van der Waals surface area contributed by atoms with E-state index in [1.807, 2.05) is 0 Å². The molecule has 0 bridgehead atoms. The van der Waals surface area contributed by atoms with Gasteiger partial charge in [0.05, 0.1) is 10.9 Å². The molecule has 0 aliphatic carbocycles. The van der Waals surface area contributed by atoms with Crippen molar-refractivity contribution in [1.82, 2.24) is 15.1 Å². The summed E-state index contributed by atoms with van der Waals surface area (Å²) in [5.74, 6) is -4.06. The summed E-state index contributed by atoms with van der Waals surface area (Å²) in [5, 5.41) is 10.0. The van der Waals surface area contributed by atoms with Gasteiger partial charge in [0.1, 0.15) is 0 Å². The Kier molecular flexibility index (Phi) is 6.90. The van der Waals surface area contributed by atoms with Crippen LogP contribution in [0.2, 0.25) is 0 Å². The summed E-state index contributed by atoms with van der Waals surface area (Å²) < 4.78 is 50.1. The highest BCUT2D eigenvalue weighted by molar-refractivity contribution is 7.91. The van der Waals surface area contributed by atoms with E-state index in [9.17, 15) is 22.0 Å². The molecular weight excluding hydrogens is 402 g/mol. The molecule has 2 heterocycles. The maximum atomic E-state index is 12.6. The van der Waals surface area contributed by atoms with Crippen molar-refractivity contribution in [3.05, 3.63) is 42.2 Å². The highest BCUT2D eigenvalue weighted by atomic mass is 35.5. The average molecular weight is 421 g/mol. The summed E-state index contributed by atoms with van der Waals surface area (Å²) in [6.07, 6.45) is 3.70. The van der Waals surface area contributed by atoms with E-state index in [1.54, 1.807) is 16.9 Å². The van der Waals surface area contributed by atoms with Crippen LogP contribution in [0, 0.1) is 0 Å². The van der Waals surface area contributed by atoms with Crippen LogP contribution in [0.3, 0.4) is 0 Å². The zero-order valence-electron chi connectivity index (χ0n) is 14.1. The number of anilines is 1. The van der Waals surface area contributed by atoms with Crippen LogP contribution in [0.25, 0.3) is 0 Å². The SMILES string of the molecule is Cl.O=C(Nc1cccc(S(=O)(=O)C(F)F)c1)c1ccn(C2CCCNC2)n1. The number of nitrogens with one attached hydrogen (secondary N) is 2. The lowest BCUT2D eigenvalue weighted by molar-refractivity contribution is 0.102. The third-order valence-corrected chi connectivity index (χ3v) is 5.52. The Morgan fingerprint density at radius 3 is 2.78 bits per heavy atom. The number of benzene rings is 1. The van der Waals surface area contributed by atoms with E-state index in [-0.39, 0.29) is 29.8 Å². The smallest absolute Gasteiger partial charge is 0.321 e. The quantitative estimate of drug-likeness (QED) is 0.775. The van der Waals surface area contributed by atoms with Gasteiger partial charge < -0.3 is 10.6 Å². The summed E-state index contributed by atoms with van der Waals surface area (Å²) in [7, 11) is -4.72. The number of carbonyl (C=O) groups excluding carboxylic acids is 1. The second-order valence-electron chi connectivity index (χ2n) is 5.97.